The highest BCUT2D eigenvalue weighted by Crippen LogP contribution is 2.31. The summed E-state index contributed by atoms with van der Waals surface area (Å²) in [5, 5.41) is 41.9. The first-order chi connectivity index (χ1) is 11.2. The molecule has 0 saturated carbocycles. The Labute approximate surface area is 134 Å². The van der Waals surface area contributed by atoms with Crippen molar-refractivity contribution in [1.82, 2.24) is 5.32 Å². The maximum Gasteiger partial charge on any atom is 0.366 e. The van der Waals surface area contributed by atoms with Gasteiger partial charge >= 0.3 is 5.97 Å². The van der Waals surface area contributed by atoms with Crippen LogP contribution < -0.4 is 5.32 Å². The predicted octanol–water partition coefficient (Wildman–Crippen LogP) is -3.13. The molecule has 0 aliphatic carbocycles. The van der Waals surface area contributed by atoms with Gasteiger partial charge in [-0.15, -0.1) is 0 Å². The number of esters is 1. The summed E-state index contributed by atoms with van der Waals surface area (Å²) in [7, 11) is 0.368. The smallest absolute Gasteiger partial charge is 0.366 e. The van der Waals surface area contributed by atoms with Crippen LogP contribution in [-0.2, 0) is 23.8 Å². The second-order valence-electron chi connectivity index (χ2n) is 5.24. The minimum atomic E-state index is -2.54. The molecule has 1 amide bonds. The molecule has 1 saturated heterocycles. The van der Waals surface area contributed by atoms with Crippen molar-refractivity contribution in [2.75, 3.05) is 20.8 Å². The van der Waals surface area contributed by atoms with Gasteiger partial charge in [-0.1, -0.05) is 0 Å². The highest BCUT2D eigenvalue weighted by Gasteiger charge is 2.54. The van der Waals surface area contributed by atoms with Gasteiger partial charge in [-0.25, -0.2) is 4.79 Å². The number of aliphatic hydroxyl groups excluding tert-OH is 3. The van der Waals surface area contributed by atoms with E-state index in [0.717, 1.165) is 7.11 Å². The van der Waals surface area contributed by atoms with Gasteiger partial charge in [0.15, 0.2) is 0 Å². The molecule has 0 aromatic carbocycles. The standard InChI is InChI=1S/C13H23NO9/c1-6(16)14-9-7(17)4-13(20,12(19)22-3)23-11(9)10(21-2)8(18)5-15/h7-11,15,17-18,20H,4-5H2,1-3H3,(H,14,16)/t7-,8+,9+,10+,11+,13?/m0/s1/i2D. The number of hydrogen-bond donors (Lipinski definition) is 5. The zero-order valence-electron chi connectivity index (χ0n) is 13.8. The van der Waals surface area contributed by atoms with Crippen molar-refractivity contribution in [3.63, 3.8) is 0 Å². The zero-order chi connectivity index (χ0) is 18.5. The van der Waals surface area contributed by atoms with Crippen LogP contribution in [0.25, 0.3) is 0 Å². The fourth-order valence-corrected chi connectivity index (χ4v) is 2.48. The van der Waals surface area contributed by atoms with Crippen LogP contribution in [0.5, 0.6) is 0 Å². The van der Waals surface area contributed by atoms with Crippen molar-refractivity contribution in [1.29, 1.82) is 0 Å². The number of carbonyl (C=O) groups excluding carboxylic acids is 2. The van der Waals surface area contributed by atoms with Crippen molar-refractivity contribution in [3.8, 4) is 0 Å². The molecule has 1 unspecified atom stereocenters. The molecule has 1 aliphatic heterocycles. The molecular formula is C13H23NO9. The van der Waals surface area contributed by atoms with E-state index in [1.165, 1.54) is 6.92 Å². The highest BCUT2D eigenvalue weighted by atomic mass is 16.7. The molecule has 1 heterocycles. The van der Waals surface area contributed by atoms with E-state index in [-0.39, 0.29) is 0 Å². The normalized spacial score (nSPS) is 34.2. The number of aliphatic hydroxyl groups is 4. The largest absolute Gasteiger partial charge is 0.465 e. The van der Waals surface area contributed by atoms with Crippen LogP contribution in [0.3, 0.4) is 0 Å². The van der Waals surface area contributed by atoms with Gasteiger partial charge in [0.25, 0.3) is 5.79 Å². The van der Waals surface area contributed by atoms with E-state index >= 15 is 0 Å². The number of amides is 1. The molecule has 1 fully saturated rings. The Balaban J connectivity index is 3.20. The fraction of sp³-hybridized carbons (Fsp3) is 0.846. The van der Waals surface area contributed by atoms with E-state index in [4.69, 9.17) is 16.0 Å². The first-order valence-corrected chi connectivity index (χ1v) is 6.83. The van der Waals surface area contributed by atoms with E-state index in [1.54, 1.807) is 0 Å². The quantitative estimate of drug-likeness (QED) is 0.316. The van der Waals surface area contributed by atoms with Crippen molar-refractivity contribution in [2.24, 2.45) is 0 Å². The van der Waals surface area contributed by atoms with Gasteiger partial charge in [0.1, 0.15) is 18.3 Å². The lowest BCUT2D eigenvalue weighted by atomic mass is 9.88. The van der Waals surface area contributed by atoms with Crippen molar-refractivity contribution in [2.45, 2.75) is 49.6 Å². The fourth-order valence-electron chi connectivity index (χ4n) is 2.48. The Morgan fingerprint density at radius 3 is 2.70 bits per heavy atom. The van der Waals surface area contributed by atoms with Crippen molar-refractivity contribution < 1.29 is 45.6 Å². The first-order valence-electron chi connectivity index (χ1n) is 7.54. The molecule has 0 spiro atoms. The maximum absolute atomic E-state index is 11.7. The molecule has 10 nitrogen and oxygen atoms in total. The van der Waals surface area contributed by atoms with Crippen LogP contribution in [-0.4, -0.2) is 89.3 Å². The lowest BCUT2D eigenvalue weighted by Crippen LogP contribution is -2.67. The summed E-state index contributed by atoms with van der Waals surface area (Å²) in [5.41, 5.74) is 0. The number of methoxy groups -OCH3 is 2. The molecule has 0 radical (unpaired) electrons. The Hall–Kier alpha value is -1.30. The van der Waals surface area contributed by atoms with E-state index in [1.807, 2.05) is 0 Å². The molecule has 1 aliphatic rings. The minimum absolute atomic E-state index is 0.542. The Bertz CT molecular complexity index is 451. The zero-order valence-corrected chi connectivity index (χ0v) is 12.8. The Morgan fingerprint density at radius 2 is 2.22 bits per heavy atom. The third kappa shape index (κ3) is 4.37. The molecule has 134 valence electrons. The van der Waals surface area contributed by atoms with Gasteiger partial charge in [0, 0.05) is 20.4 Å². The highest BCUT2D eigenvalue weighted by molar-refractivity contribution is 5.78. The summed E-state index contributed by atoms with van der Waals surface area (Å²) in [6, 6.07) is -1.16. The molecule has 5 N–H and O–H groups in total. The van der Waals surface area contributed by atoms with Crippen molar-refractivity contribution in [3.05, 3.63) is 0 Å². The lowest BCUT2D eigenvalue weighted by Gasteiger charge is -2.45. The van der Waals surface area contributed by atoms with E-state index in [9.17, 15) is 24.9 Å². The average molecular weight is 338 g/mol. The van der Waals surface area contributed by atoms with E-state index < -0.39 is 68.2 Å². The monoisotopic (exact) mass is 338 g/mol. The molecule has 0 aromatic rings. The summed E-state index contributed by atoms with van der Waals surface area (Å²) in [5.74, 6) is -4.26. The average Bonchev–Trinajstić information content (AvgIpc) is 2.53. The molecule has 6 atom stereocenters. The van der Waals surface area contributed by atoms with Gasteiger partial charge in [-0.05, 0) is 0 Å². The summed E-state index contributed by atoms with van der Waals surface area (Å²) < 4.78 is 21.8. The molecular weight excluding hydrogens is 314 g/mol. The van der Waals surface area contributed by atoms with Gasteiger partial charge in [-0.3, -0.25) is 4.79 Å². The van der Waals surface area contributed by atoms with Crippen LogP contribution >= 0.6 is 0 Å². The first kappa shape index (κ1) is 18.0. The van der Waals surface area contributed by atoms with Gasteiger partial charge in [-0.2, -0.15) is 0 Å². The second kappa shape index (κ2) is 7.99. The van der Waals surface area contributed by atoms with Crippen LogP contribution in [0.2, 0.25) is 0 Å². The third-order valence-corrected chi connectivity index (χ3v) is 3.54. The van der Waals surface area contributed by atoms with Crippen LogP contribution in [0.4, 0.5) is 0 Å². The summed E-state index contributed by atoms with van der Waals surface area (Å²) in [6.07, 6.45) is -6.43. The Kier molecular flexibility index (Phi) is 6.27. The Morgan fingerprint density at radius 1 is 1.57 bits per heavy atom. The number of rotatable bonds is 6. The number of hydrogen-bond acceptors (Lipinski definition) is 9. The second-order valence-corrected chi connectivity index (χ2v) is 5.24. The lowest BCUT2D eigenvalue weighted by molar-refractivity contribution is -0.298. The molecule has 0 aromatic heterocycles. The maximum atomic E-state index is 11.7. The minimum Gasteiger partial charge on any atom is -0.465 e. The summed E-state index contributed by atoms with van der Waals surface area (Å²) >= 11 is 0. The number of nitrogens with one attached hydrogen (secondary N) is 1. The number of ether oxygens (including phenoxy) is 3. The topological polar surface area (TPSA) is 155 Å². The predicted molar refractivity (Wildman–Crippen MR) is 74.0 cm³/mol. The van der Waals surface area contributed by atoms with E-state index in [0.29, 0.717) is 0 Å². The van der Waals surface area contributed by atoms with Gasteiger partial charge in [0.2, 0.25) is 5.91 Å². The number of carbonyl (C=O) groups is 2. The van der Waals surface area contributed by atoms with Crippen molar-refractivity contribution >= 4 is 11.9 Å². The molecule has 23 heavy (non-hydrogen) atoms. The molecule has 0 bridgehead atoms. The van der Waals surface area contributed by atoms with Gasteiger partial charge in [0.05, 0.1) is 27.2 Å². The van der Waals surface area contributed by atoms with Crippen LogP contribution in [0.1, 0.15) is 14.7 Å². The van der Waals surface area contributed by atoms with Crippen LogP contribution in [0.15, 0.2) is 0 Å². The summed E-state index contributed by atoms with van der Waals surface area (Å²) in [6.45, 7) is 0.401. The molecule has 10 heteroatoms. The SMILES string of the molecule is [2H]CO[C@@H]([C@@H]1OC(O)(C(=O)OC)C[C@H](O)[C@H]1NC(C)=O)[C@H](O)CO. The summed E-state index contributed by atoms with van der Waals surface area (Å²) in [4.78, 5) is 23.1. The van der Waals surface area contributed by atoms with Crippen LogP contribution in [0, 0.1) is 0 Å². The molecule has 1 rings (SSSR count). The van der Waals surface area contributed by atoms with E-state index in [2.05, 4.69) is 10.1 Å². The van der Waals surface area contributed by atoms with Gasteiger partial charge < -0.3 is 40.0 Å². The third-order valence-electron chi connectivity index (χ3n) is 3.54.